The van der Waals surface area contributed by atoms with Gasteiger partial charge < -0.3 is 19.3 Å². The maximum absolute atomic E-state index is 12.9. The highest BCUT2D eigenvalue weighted by molar-refractivity contribution is 8.08. The molecule has 1 amide bonds. The maximum Gasteiger partial charge on any atom is 0.313 e. The molecule has 0 radical (unpaired) electrons. The first-order valence-electron chi connectivity index (χ1n) is 8.95. The second kappa shape index (κ2) is 13.8. The molecular formula is C18H30FNO6P2. The molecule has 0 aromatic heterocycles. The molecule has 0 spiro atoms. The minimum atomic E-state index is -2.41. The molecule has 0 heterocycles. The first-order valence-corrected chi connectivity index (χ1v) is 11.7. The fraction of sp³-hybridized carbons (Fsp3) is 0.722. The number of terminal acetylenes is 1. The molecule has 6 unspecified atom stereocenters. The van der Waals surface area contributed by atoms with Crippen molar-refractivity contribution in [3.8, 4) is 12.3 Å². The van der Waals surface area contributed by atoms with Crippen molar-refractivity contribution >= 4 is 34.9 Å². The number of carbonyl (C=O) groups is 3. The lowest BCUT2D eigenvalue weighted by molar-refractivity contribution is -0.152. The van der Waals surface area contributed by atoms with Crippen LogP contribution in [-0.2, 0) is 23.6 Å². The van der Waals surface area contributed by atoms with E-state index < -0.39 is 43.9 Å². The Kier molecular flexibility index (Phi) is 13.2. The number of hydrogen-bond donors (Lipinski definition) is 1. The topological polar surface area (TPSA) is 93.1 Å². The van der Waals surface area contributed by atoms with Crippen molar-refractivity contribution < 1.29 is 32.9 Å². The zero-order chi connectivity index (χ0) is 21.9. The lowest BCUT2D eigenvalue weighted by Gasteiger charge is -2.26. The van der Waals surface area contributed by atoms with Crippen LogP contribution in [0, 0.1) is 30.1 Å². The van der Waals surface area contributed by atoms with Crippen LogP contribution in [0.5, 0.6) is 0 Å². The molecule has 10 heteroatoms. The summed E-state index contributed by atoms with van der Waals surface area (Å²) in [5, 5.41) is 9.58. The zero-order valence-corrected chi connectivity index (χ0v) is 18.8. The van der Waals surface area contributed by atoms with Crippen LogP contribution in [0.25, 0.3) is 0 Å². The number of hydrogen-bond acceptors (Lipinski definition) is 6. The highest BCUT2D eigenvalue weighted by Gasteiger charge is 2.32. The highest BCUT2D eigenvalue weighted by Crippen LogP contribution is 2.47. The number of carbonyl (C=O) groups excluding carboxylic acids is 3. The summed E-state index contributed by atoms with van der Waals surface area (Å²) in [6.45, 7) is 3.11. The number of aliphatic hydroxyl groups is 1. The quantitative estimate of drug-likeness (QED) is 0.287. The van der Waals surface area contributed by atoms with Crippen LogP contribution in [0.4, 0.5) is 4.20 Å². The summed E-state index contributed by atoms with van der Waals surface area (Å²) in [4.78, 5) is 38.1. The van der Waals surface area contributed by atoms with Gasteiger partial charge >= 0.3 is 11.9 Å². The van der Waals surface area contributed by atoms with Crippen molar-refractivity contribution in [3.63, 3.8) is 0 Å². The first-order chi connectivity index (χ1) is 13.0. The van der Waals surface area contributed by atoms with Crippen LogP contribution in [0.1, 0.15) is 39.5 Å². The molecule has 0 aromatic carbocycles. The number of ether oxygens (including phenoxy) is 1. The van der Waals surface area contributed by atoms with Crippen LogP contribution < -0.4 is 0 Å². The highest BCUT2D eigenvalue weighted by atomic mass is 32.0. The van der Waals surface area contributed by atoms with Gasteiger partial charge in [-0.1, -0.05) is 13.8 Å². The lowest BCUT2D eigenvalue weighted by Crippen LogP contribution is -2.35. The predicted molar refractivity (Wildman–Crippen MR) is 109 cm³/mol. The van der Waals surface area contributed by atoms with E-state index in [1.54, 1.807) is 36.9 Å². The predicted octanol–water partition coefficient (Wildman–Crippen LogP) is 2.68. The number of rotatable bonds is 12. The summed E-state index contributed by atoms with van der Waals surface area (Å²) in [5.41, 5.74) is 0. The van der Waals surface area contributed by atoms with Gasteiger partial charge in [0.1, 0.15) is 6.61 Å². The van der Waals surface area contributed by atoms with Crippen molar-refractivity contribution in [1.82, 2.24) is 4.90 Å². The number of amides is 1. The monoisotopic (exact) mass is 437 g/mol. The molecule has 0 aliphatic rings. The Hall–Kier alpha value is -1.28. The standard InChI is InChI=1S/C18H30FNO6P2/c1-6-8-15(21)11-25-18(24)13(7-2)10-14(16(22)20(4)5)9-12(3)17(23)26-28(19)27/h1,12-15,21H,7-11,27H2,2-5H3. The SMILES string of the molecule is C#CCC(O)COC(=O)C(CC)CC(CC(C)C(=O)OP(F)P)C(=O)N(C)C. The summed E-state index contributed by atoms with van der Waals surface area (Å²) >= 11 is 0. The Balaban J connectivity index is 5.09. The second-order valence-corrected chi connectivity index (χ2v) is 8.73. The van der Waals surface area contributed by atoms with Crippen molar-refractivity contribution in [1.29, 1.82) is 0 Å². The average Bonchev–Trinajstić information content (AvgIpc) is 2.61. The third-order valence-electron chi connectivity index (χ3n) is 4.17. The zero-order valence-electron chi connectivity index (χ0n) is 16.8. The van der Waals surface area contributed by atoms with Crippen LogP contribution >= 0.6 is 17.1 Å². The van der Waals surface area contributed by atoms with Gasteiger partial charge in [-0.05, 0) is 28.2 Å². The van der Waals surface area contributed by atoms with Gasteiger partial charge in [0.25, 0.3) is 8.15 Å². The fourth-order valence-corrected chi connectivity index (χ4v) is 3.29. The summed E-state index contributed by atoms with van der Waals surface area (Å²) in [7, 11) is 2.54. The summed E-state index contributed by atoms with van der Waals surface area (Å²) < 4.78 is 22.6. The molecule has 160 valence electrons. The summed E-state index contributed by atoms with van der Waals surface area (Å²) in [5.74, 6) is -1.17. The van der Waals surface area contributed by atoms with Gasteiger partial charge in [0.15, 0.2) is 0 Å². The van der Waals surface area contributed by atoms with Crippen LogP contribution in [-0.4, -0.2) is 54.7 Å². The third kappa shape index (κ3) is 10.3. The van der Waals surface area contributed by atoms with E-state index in [0.717, 1.165) is 0 Å². The molecule has 0 saturated carbocycles. The van der Waals surface area contributed by atoms with Gasteiger partial charge in [-0.15, -0.1) is 12.3 Å². The normalized spacial score (nSPS) is 16.1. The molecule has 6 atom stereocenters. The number of nitrogens with zero attached hydrogens (tertiary/aromatic N) is 1. The third-order valence-corrected chi connectivity index (χ3v) is 4.84. The Morgan fingerprint density at radius 2 is 1.86 bits per heavy atom. The van der Waals surface area contributed by atoms with E-state index in [4.69, 9.17) is 11.2 Å². The molecular weight excluding hydrogens is 407 g/mol. The van der Waals surface area contributed by atoms with Gasteiger partial charge in [-0.3, -0.25) is 14.4 Å². The molecule has 0 bridgehead atoms. The smallest absolute Gasteiger partial charge is 0.313 e. The minimum absolute atomic E-state index is 0.0677. The van der Waals surface area contributed by atoms with Gasteiger partial charge in [0.05, 0.1) is 17.9 Å². The van der Waals surface area contributed by atoms with Gasteiger partial charge in [0.2, 0.25) is 5.91 Å². The molecule has 0 aliphatic heterocycles. The summed E-state index contributed by atoms with van der Waals surface area (Å²) in [6, 6.07) is 0. The van der Waals surface area contributed by atoms with Crippen molar-refractivity contribution in [3.05, 3.63) is 0 Å². The van der Waals surface area contributed by atoms with E-state index in [1.807, 2.05) is 0 Å². The summed E-state index contributed by atoms with van der Waals surface area (Å²) in [6.07, 6.45) is 4.93. The van der Waals surface area contributed by atoms with Gasteiger partial charge in [0, 0.05) is 26.4 Å². The van der Waals surface area contributed by atoms with Crippen molar-refractivity contribution in [2.24, 2.45) is 17.8 Å². The number of esters is 1. The largest absolute Gasteiger partial charge is 0.463 e. The Morgan fingerprint density at radius 1 is 1.25 bits per heavy atom. The van der Waals surface area contributed by atoms with Crippen molar-refractivity contribution in [2.45, 2.75) is 45.6 Å². The molecule has 7 nitrogen and oxygen atoms in total. The first kappa shape index (κ1) is 26.7. The van der Waals surface area contributed by atoms with Crippen LogP contribution in [0.2, 0.25) is 0 Å². The van der Waals surface area contributed by atoms with E-state index in [0.29, 0.717) is 6.42 Å². The number of aliphatic hydroxyl groups excluding tert-OH is 1. The Morgan fingerprint density at radius 3 is 2.32 bits per heavy atom. The van der Waals surface area contributed by atoms with Gasteiger partial charge in [-0.25, -0.2) is 0 Å². The number of halogens is 1. The van der Waals surface area contributed by atoms with E-state index in [2.05, 4.69) is 10.4 Å². The minimum Gasteiger partial charge on any atom is -0.463 e. The van der Waals surface area contributed by atoms with E-state index >= 15 is 0 Å². The Labute approximate surface area is 169 Å². The van der Waals surface area contributed by atoms with Crippen LogP contribution in [0.3, 0.4) is 0 Å². The second-order valence-electron chi connectivity index (χ2n) is 6.78. The molecule has 28 heavy (non-hydrogen) atoms. The molecule has 0 fully saturated rings. The molecule has 0 rings (SSSR count). The van der Waals surface area contributed by atoms with E-state index in [1.165, 1.54) is 4.90 Å². The Bertz CT molecular complexity index is 567. The van der Waals surface area contributed by atoms with Gasteiger partial charge in [-0.2, -0.15) is 4.20 Å². The maximum atomic E-state index is 12.9. The lowest BCUT2D eigenvalue weighted by atomic mass is 9.85. The molecule has 0 saturated heterocycles. The fourth-order valence-electron chi connectivity index (χ4n) is 2.63. The molecule has 1 N–H and O–H groups in total. The van der Waals surface area contributed by atoms with E-state index in [-0.39, 0.29) is 31.8 Å². The molecule has 0 aliphatic carbocycles. The molecule has 0 aromatic rings. The van der Waals surface area contributed by atoms with Crippen molar-refractivity contribution in [2.75, 3.05) is 20.7 Å². The van der Waals surface area contributed by atoms with Crippen LogP contribution in [0.15, 0.2) is 0 Å². The average molecular weight is 437 g/mol. The van der Waals surface area contributed by atoms with E-state index in [9.17, 15) is 23.7 Å².